The molecule has 4 rings (SSSR count). The molecule has 0 aliphatic carbocycles. The van der Waals surface area contributed by atoms with Gasteiger partial charge in [0.2, 0.25) is 5.91 Å². The fraction of sp³-hybridized carbons (Fsp3) is 0.200. The molecule has 1 amide bonds. The number of aryl methyl sites for hydroxylation is 1. The summed E-state index contributed by atoms with van der Waals surface area (Å²) < 4.78 is 25.3. The smallest absolute Gasteiger partial charge is 0.224 e. The standard InChI is InChI=1S/C20H17FN2O3S/c1-25-13-3-5-14(6-4-13)26-10-20-23-18(11-27-20)15-8-12-2-7-19(24)22-17(12)9-16(15)21/h3-6,8-9,11H,2,7,10H2,1H3,(H,22,24). The maximum Gasteiger partial charge on any atom is 0.224 e. The molecule has 2 aromatic carbocycles. The van der Waals surface area contributed by atoms with E-state index in [0.717, 1.165) is 16.3 Å². The molecule has 0 fully saturated rings. The minimum Gasteiger partial charge on any atom is -0.497 e. The van der Waals surface area contributed by atoms with Crippen LogP contribution in [0.5, 0.6) is 11.5 Å². The average Bonchev–Trinajstić information content (AvgIpc) is 3.15. The molecule has 7 heteroatoms. The van der Waals surface area contributed by atoms with Crippen molar-refractivity contribution in [1.82, 2.24) is 4.98 Å². The molecular weight excluding hydrogens is 367 g/mol. The summed E-state index contributed by atoms with van der Waals surface area (Å²) in [5, 5.41) is 5.28. The molecule has 0 spiro atoms. The molecule has 1 aliphatic rings. The van der Waals surface area contributed by atoms with Crippen molar-refractivity contribution in [2.45, 2.75) is 19.4 Å². The molecule has 3 aromatic rings. The Morgan fingerprint density at radius 3 is 2.74 bits per heavy atom. The van der Waals surface area contributed by atoms with Crippen LogP contribution in [0.1, 0.15) is 17.0 Å². The van der Waals surface area contributed by atoms with E-state index >= 15 is 0 Å². The topological polar surface area (TPSA) is 60.5 Å². The van der Waals surface area contributed by atoms with Gasteiger partial charge in [0, 0.05) is 23.1 Å². The van der Waals surface area contributed by atoms with Crippen molar-refractivity contribution in [2.75, 3.05) is 12.4 Å². The Bertz CT molecular complexity index is 985. The van der Waals surface area contributed by atoms with Gasteiger partial charge in [0.1, 0.15) is 28.9 Å². The zero-order chi connectivity index (χ0) is 18.8. The highest BCUT2D eigenvalue weighted by molar-refractivity contribution is 7.09. The van der Waals surface area contributed by atoms with Crippen LogP contribution in [-0.2, 0) is 17.8 Å². The van der Waals surface area contributed by atoms with Crippen molar-refractivity contribution in [3.8, 4) is 22.8 Å². The number of fused-ring (bicyclic) bond motifs is 1. The third kappa shape index (κ3) is 3.78. The minimum absolute atomic E-state index is 0.0822. The molecule has 0 saturated heterocycles. The normalized spacial score (nSPS) is 13.0. The number of rotatable bonds is 5. The largest absolute Gasteiger partial charge is 0.497 e. The lowest BCUT2D eigenvalue weighted by Crippen LogP contribution is -2.19. The van der Waals surface area contributed by atoms with Crippen molar-refractivity contribution >= 4 is 22.9 Å². The number of nitrogens with one attached hydrogen (secondary N) is 1. The SMILES string of the molecule is COc1ccc(OCc2nc(-c3cc4c(cc3F)NC(=O)CC4)cs2)cc1. The third-order valence-corrected chi connectivity index (χ3v) is 5.16. The summed E-state index contributed by atoms with van der Waals surface area (Å²) in [6.07, 6.45) is 1.02. The molecule has 1 aromatic heterocycles. The van der Waals surface area contributed by atoms with Gasteiger partial charge in [0.15, 0.2) is 0 Å². The van der Waals surface area contributed by atoms with E-state index in [4.69, 9.17) is 9.47 Å². The van der Waals surface area contributed by atoms with Crippen LogP contribution in [0, 0.1) is 5.82 Å². The van der Waals surface area contributed by atoms with E-state index in [-0.39, 0.29) is 5.91 Å². The number of hydrogen-bond acceptors (Lipinski definition) is 5. The van der Waals surface area contributed by atoms with Crippen LogP contribution < -0.4 is 14.8 Å². The number of ether oxygens (including phenoxy) is 2. The van der Waals surface area contributed by atoms with Gasteiger partial charge in [0.25, 0.3) is 0 Å². The predicted molar refractivity (Wildman–Crippen MR) is 102 cm³/mol. The zero-order valence-electron chi connectivity index (χ0n) is 14.6. The lowest BCUT2D eigenvalue weighted by Gasteiger charge is -2.17. The molecule has 2 heterocycles. The minimum atomic E-state index is -0.399. The van der Waals surface area contributed by atoms with E-state index in [1.807, 2.05) is 29.6 Å². The molecule has 1 N–H and O–H groups in total. The van der Waals surface area contributed by atoms with Gasteiger partial charge in [-0.25, -0.2) is 9.37 Å². The first-order chi connectivity index (χ1) is 13.1. The second kappa shape index (κ2) is 7.36. The molecule has 0 bridgehead atoms. The summed E-state index contributed by atoms with van der Waals surface area (Å²) in [6.45, 7) is 0.305. The fourth-order valence-corrected chi connectivity index (χ4v) is 3.62. The Kier molecular flexibility index (Phi) is 4.77. The molecule has 0 radical (unpaired) electrons. The fourth-order valence-electron chi connectivity index (χ4n) is 2.92. The molecule has 5 nitrogen and oxygen atoms in total. The van der Waals surface area contributed by atoms with Crippen molar-refractivity contribution in [2.24, 2.45) is 0 Å². The van der Waals surface area contributed by atoms with Crippen LogP contribution in [0.2, 0.25) is 0 Å². The zero-order valence-corrected chi connectivity index (χ0v) is 15.4. The van der Waals surface area contributed by atoms with Gasteiger partial charge in [-0.3, -0.25) is 4.79 Å². The van der Waals surface area contributed by atoms with Crippen LogP contribution in [0.25, 0.3) is 11.3 Å². The van der Waals surface area contributed by atoms with Gasteiger partial charge < -0.3 is 14.8 Å². The second-order valence-electron chi connectivity index (χ2n) is 6.13. The molecule has 0 saturated carbocycles. The summed E-state index contributed by atoms with van der Waals surface area (Å²) in [7, 11) is 1.61. The number of thiazole rings is 1. The van der Waals surface area contributed by atoms with Crippen LogP contribution in [0.4, 0.5) is 10.1 Å². The van der Waals surface area contributed by atoms with E-state index in [2.05, 4.69) is 10.3 Å². The van der Waals surface area contributed by atoms with Crippen molar-refractivity contribution < 1.29 is 18.7 Å². The molecular formula is C20H17FN2O3S. The number of aromatic nitrogens is 1. The Labute approximate surface area is 159 Å². The summed E-state index contributed by atoms with van der Waals surface area (Å²) >= 11 is 1.42. The highest BCUT2D eigenvalue weighted by Crippen LogP contribution is 2.32. The van der Waals surface area contributed by atoms with E-state index in [1.54, 1.807) is 13.2 Å². The number of methoxy groups -OCH3 is 1. The van der Waals surface area contributed by atoms with Crippen LogP contribution in [0.3, 0.4) is 0 Å². The average molecular weight is 384 g/mol. The number of hydrogen-bond donors (Lipinski definition) is 1. The van der Waals surface area contributed by atoms with Crippen molar-refractivity contribution in [3.63, 3.8) is 0 Å². The van der Waals surface area contributed by atoms with Crippen molar-refractivity contribution in [3.05, 3.63) is 58.2 Å². The second-order valence-corrected chi connectivity index (χ2v) is 7.07. The Morgan fingerprint density at radius 2 is 1.96 bits per heavy atom. The highest BCUT2D eigenvalue weighted by Gasteiger charge is 2.19. The maximum atomic E-state index is 14.5. The van der Waals surface area contributed by atoms with E-state index in [0.29, 0.717) is 42.1 Å². The van der Waals surface area contributed by atoms with Crippen LogP contribution >= 0.6 is 11.3 Å². The summed E-state index contributed by atoms with van der Waals surface area (Å²) in [6, 6.07) is 10.4. The number of halogens is 1. The Morgan fingerprint density at radius 1 is 1.19 bits per heavy atom. The van der Waals surface area contributed by atoms with E-state index in [9.17, 15) is 9.18 Å². The predicted octanol–water partition coefficient (Wildman–Crippen LogP) is 4.42. The van der Waals surface area contributed by atoms with Gasteiger partial charge in [-0.1, -0.05) is 0 Å². The highest BCUT2D eigenvalue weighted by atomic mass is 32.1. The molecule has 0 unspecified atom stereocenters. The lowest BCUT2D eigenvalue weighted by atomic mass is 9.99. The number of nitrogens with zero attached hydrogens (tertiary/aromatic N) is 1. The van der Waals surface area contributed by atoms with Gasteiger partial charge in [-0.2, -0.15) is 0 Å². The number of anilines is 1. The Balaban J connectivity index is 1.49. The number of benzene rings is 2. The number of carbonyl (C=O) groups excluding carboxylic acids is 1. The lowest BCUT2D eigenvalue weighted by molar-refractivity contribution is -0.116. The first-order valence-corrected chi connectivity index (χ1v) is 9.34. The first-order valence-electron chi connectivity index (χ1n) is 8.46. The molecule has 1 aliphatic heterocycles. The number of amides is 1. The van der Waals surface area contributed by atoms with Gasteiger partial charge in [0.05, 0.1) is 12.8 Å². The first kappa shape index (κ1) is 17.5. The monoisotopic (exact) mass is 384 g/mol. The third-order valence-electron chi connectivity index (χ3n) is 4.34. The molecule has 0 atom stereocenters. The summed E-state index contributed by atoms with van der Waals surface area (Å²) in [5.41, 5.74) is 2.49. The van der Waals surface area contributed by atoms with E-state index < -0.39 is 5.82 Å². The summed E-state index contributed by atoms with van der Waals surface area (Å²) in [4.78, 5) is 16.0. The molecule has 138 valence electrons. The van der Waals surface area contributed by atoms with Gasteiger partial charge in [-0.15, -0.1) is 11.3 Å². The quantitative estimate of drug-likeness (QED) is 0.707. The van der Waals surface area contributed by atoms with Gasteiger partial charge >= 0.3 is 0 Å². The number of carbonyl (C=O) groups is 1. The summed E-state index contributed by atoms with van der Waals surface area (Å²) in [5.74, 6) is 0.992. The maximum absolute atomic E-state index is 14.5. The van der Waals surface area contributed by atoms with Crippen LogP contribution in [-0.4, -0.2) is 18.0 Å². The van der Waals surface area contributed by atoms with E-state index in [1.165, 1.54) is 17.4 Å². The van der Waals surface area contributed by atoms with Crippen molar-refractivity contribution in [1.29, 1.82) is 0 Å². The molecule has 27 heavy (non-hydrogen) atoms. The van der Waals surface area contributed by atoms with Crippen LogP contribution in [0.15, 0.2) is 41.8 Å². The Hall–Kier alpha value is -2.93. The van der Waals surface area contributed by atoms with Gasteiger partial charge in [-0.05, 0) is 48.4 Å².